The van der Waals surface area contributed by atoms with Crippen molar-refractivity contribution in [1.29, 1.82) is 0 Å². The van der Waals surface area contributed by atoms with Crippen molar-refractivity contribution in [3.8, 4) is 11.5 Å². The Morgan fingerprint density at radius 1 is 0.812 bits per heavy atom. The van der Waals surface area contributed by atoms with Crippen molar-refractivity contribution in [2.45, 2.75) is 0 Å². The van der Waals surface area contributed by atoms with E-state index in [2.05, 4.69) is 97.9 Å². The first-order valence-electron chi connectivity index (χ1n) is 8.93. The molecule has 0 aliphatic rings. The second-order valence-corrected chi connectivity index (χ2v) is 9.42. The Labute approximate surface area is 219 Å². The van der Waals surface area contributed by atoms with Gasteiger partial charge < -0.3 is 9.47 Å². The van der Waals surface area contributed by atoms with E-state index >= 15 is 0 Å². The molecule has 7 nitrogen and oxygen atoms in total. The molecule has 0 radical (unpaired) electrons. The first-order valence-corrected chi connectivity index (χ1v) is 12.1. The van der Waals surface area contributed by atoms with Crippen molar-refractivity contribution < 1.29 is 14.3 Å². The summed E-state index contributed by atoms with van der Waals surface area (Å²) in [6.45, 7) is 7.93. The summed E-state index contributed by atoms with van der Waals surface area (Å²) in [5.41, 5.74) is 6.00. The maximum atomic E-state index is 12.0. The second kappa shape index (κ2) is 13.6. The van der Waals surface area contributed by atoms with Crippen molar-refractivity contribution in [2.24, 2.45) is 10.2 Å². The Bertz CT molecular complexity index is 976. The molecule has 0 spiro atoms. The zero-order valence-corrected chi connectivity index (χ0v) is 22.9. The summed E-state index contributed by atoms with van der Waals surface area (Å²) in [6, 6.07) is 6.68. The second-order valence-electron chi connectivity index (χ2n) is 5.88. The molecule has 2 N–H and O–H groups in total. The predicted molar refractivity (Wildman–Crippen MR) is 142 cm³/mol. The highest BCUT2D eigenvalue weighted by atomic mass is 79.9. The molecule has 0 heterocycles. The highest BCUT2D eigenvalue weighted by Crippen LogP contribution is 2.33. The Morgan fingerprint density at radius 2 is 1.22 bits per heavy atom. The van der Waals surface area contributed by atoms with Crippen LogP contribution in [-0.4, -0.2) is 31.7 Å². The van der Waals surface area contributed by atoms with Crippen LogP contribution in [0.15, 0.2) is 77.7 Å². The molecule has 11 heteroatoms. The third-order valence-corrected chi connectivity index (χ3v) is 5.60. The van der Waals surface area contributed by atoms with Gasteiger partial charge in [0.25, 0.3) is 0 Å². The molecule has 2 rings (SSSR count). The van der Waals surface area contributed by atoms with E-state index in [0.29, 0.717) is 35.8 Å². The van der Waals surface area contributed by atoms with Crippen LogP contribution in [0.3, 0.4) is 0 Å². The average Bonchev–Trinajstić information content (AvgIpc) is 2.72. The minimum absolute atomic E-state index is 0.327. The van der Waals surface area contributed by atoms with E-state index in [1.54, 1.807) is 24.3 Å². The van der Waals surface area contributed by atoms with E-state index in [9.17, 15) is 4.79 Å². The molecule has 0 bridgehead atoms. The van der Waals surface area contributed by atoms with Crippen molar-refractivity contribution in [1.82, 2.24) is 10.9 Å². The Morgan fingerprint density at radius 3 is 1.59 bits per heavy atom. The number of nitrogens with zero attached hydrogens (tertiary/aromatic N) is 2. The molecule has 0 aliphatic carbocycles. The number of ether oxygens (including phenoxy) is 2. The minimum atomic E-state index is -0.622. The van der Waals surface area contributed by atoms with Crippen LogP contribution in [-0.2, 0) is 0 Å². The van der Waals surface area contributed by atoms with Gasteiger partial charge in [0.15, 0.2) is 0 Å². The Balaban J connectivity index is 2.04. The van der Waals surface area contributed by atoms with Gasteiger partial charge >= 0.3 is 6.03 Å². The number of nitrogens with one attached hydrogen (secondary N) is 2. The summed E-state index contributed by atoms with van der Waals surface area (Å²) in [4.78, 5) is 12.0. The van der Waals surface area contributed by atoms with E-state index in [4.69, 9.17) is 9.47 Å². The largest absolute Gasteiger partial charge is 0.488 e. The van der Waals surface area contributed by atoms with Gasteiger partial charge in [-0.2, -0.15) is 10.2 Å². The van der Waals surface area contributed by atoms with Gasteiger partial charge in [-0.3, -0.25) is 0 Å². The third-order valence-electron chi connectivity index (χ3n) is 3.50. The van der Waals surface area contributed by atoms with Crippen molar-refractivity contribution in [3.63, 3.8) is 0 Å². The minimum Gasteiger partial charge on any atom is -0.488 e. The molecule has 0 unspecified atom stereocenters. The summed E-state index contributed by atoms with van der Waals surface area (Å²) in [5, 5.41) is 7.89. The van der Waals surface area contributed by atoms with Gasteiger partial charge in [-0.25, -0.2) is 15.6 Å². The van der Waals surface area contributed by atoms with E-state index in [-0.39, 0.29) is 0 Å². The van der Waals surface area contributed by atoms with E-state index in [1.807, 2.05) is 12.1 Å². The van der Waals surface area contributed by atoms with Gasteiger partial charge in [-0.05, 0) is 56.1 Å². The van der Waals surface area contributed by atoms with Gasteiger partial charge in [-0.1, -0.05) is 57.2 Å². The first kappa shape index (κ1) is 26.3. The molecular formula is C21H18Br4N4O3. The number of halogens is 4. The Kier molecular flexibility index (Phi) is 11.1. The lowest BCUT2D eigenvalue weighted by atomic mass is 10.2. The zero-order chi connectivity index (χ0) is 23.5. The molecule has 2 amide bonds. The van der Waals surface area contributed by atoms with Crippen LogP contribution < -0.4 is 20.3 Å². The normalized spacial score (nSPS) is 10.9. The molecule has 0 aliphatic heterocycles. The predicted octanol–water partition coefficient (Wildman–Crippen LogP) is 6.53. The fraction of sp³-hybridized carbons (Fsp3) is 0.0952. The quantitative estimate of drug-likeness (QED) is 0.169. The van der Waals surface area contributed by atoms with Gasteiger partial charge in [0.1, 0.15) is 24.7 Å². The number of hydrazone groups is 2. The molecule has 0 atom stereocenters. The molecule has 0 saturated heterocycles. The zero-order valence-electron chi connectivity index (χ0n) is 16.6. The lowest BCUT2D eigenvalue weighted by Crippen LogP contribution is -2.28. The lowest BCUT2D eigenvalue weighted by Gasteiger charge is -2.10. The third kappa shape index (κ3) is 8.19. The molecule has 0 aromatic heterocycles. The number of benzene rings is 2. The van der Waals surface area contributed by atoms with Gasteiger partial charge in [0.05, 0.1) is 21.4 Å². The number of carbonyl (C=O) groups is 1. The van der Waals surface area contributed by atoms with Crippen LogP contribution in [0.1, 0.15) is 11.1 Å². The first-order chi connectivity index (χ1) is 15.3. The van der Waals surface area contributed by atoms with Crippen molar-refractivity contribution >= 4 is 82.2 Å². The van der Waals surface area contributed by atoms with E-state index < -0.39 is 6.03 Å². The topological polar surface area (TPSA) is 84.3 Å². The van der Waals surface area contributed by atoms with Crippen LogP contribution >= 0.6 is 63.7 Å². The monoisotopic (exact) mass is 690 g/mol. The van der Waals surface area contributed by atoms with Crippen LogP contribution in [0.4, 0.5) is 4.79 Å². The van der Waals surface area contributed by atoms with Gasteiger partial charge in [0, 0.05) is 20.1 Å². The fourth-order valence-electron chi connectivity index (χ4n) is 2.29. The molecule has 0 fully saturated rings. The number of rotatable bonds is 10. The summed E-state index contributed by atoms with van der Waals surface area (Å²) >= 11 is 13.7. The summed E-state index contributed by atoms with van der Waals surface area (Å²) in [7, 11) is 0. The molecular weight excluding hydrogens is 676 g/mol. The smallest absolute Gasteiger partial charge is 0.355 e. The number of amides is 2. The SMILES string of the molecule is C=CCOc1c(Br)cc(Br)cc1C=NNC(=O)NN=Cc1cc(Br)cc(Br)c1OCC=C. The molecule has 2 aromatic rings. The van der Waals surface area contributed by atoms with Gasteiger partial charge in [0.2, 0.25) is 0 Å². The number of hydrogen-bond acceptors (Lipinski definition) is 5. The number of urea groups is 1. The van der Waals surface area contributed by atoms with Crippen molar-refractivity contribution in [2.75, 3.05) is 13.2 Å². The van der Waals surface area contributed by atoms with Crippen LogP contribution in [0.5, 0.6) is 11.5 Å². The lowest BCUT2D eigenvalue weighted by molar-refractivity contribution is 0.242. The Hall–Kier alpha value is -1.95. The standard InChI is InChI=1S/C21H18Br4N4O3/c1-3-5-31-19-13(7-15(22)9-17(19)24)11-26-28-21(30)29-27-12-14-8-16(23)10-18(25)20(14)32-6-4-2/h3-4,7-12H,1-2,5-6H2,(H2,28,29,30). The average molecular weight is 694 g/mol. The molecule has 32 heavy (non-hydrogen) atoms. The summed E-state index contributed by atoms with van der Waals surface area (Å²) < 4.78 is 14.4. The highest BCUT2D eigenvalue weighted by Gasteiger charge is 2.10. The van der Waals surface area contributed by atoms with Gasteiger partial charge in [-0.15, -0.1) is 0 Å². The van der Waals surface area contributed by atoms with Crippen LogP contribution in [0.2, 0.25) is 0 Å². The maximum absolute atomic E-state index is 12.0. The molecule has 168 valence electrons. The van der Waals surface area contributed by atoms with Crippen LogP contribution in [0.25, 0.3) is 0 Å². The molecule has 0 saturated carbocycles. The summed E-state index contributed by atoms with van der Waals surface area (Å²) in [5.74, 6) is 1.15. The van der Waals surface area contributed by atoms with Crippen molar-refractivity contribution in [3.05, 3.63) is 78.6 Å². The van der Waals surface area contributed by atoms with E-state index in [0.717, 1.165) is 17.9 Å². The number of carbonyl (C=O) groups excluding carboxylic acids is 1. The van der Waals surface area contributed by atoms with E-state index in [1.165, 1.54) is 12.4 Å². The number of hydrogen-bond donors (Lipinski definition) is 2. The maximum Gasteiger partial charge on any atom is 0.355 e. The summed E-state index contributed by atoms with van der Waals surface area (Å²) in [6.07, 6.45) is 6.20. The fourth-order valence-corrected chi connectivity index (χ4v) is 5.03. The molecule has 2 aromatic carbocycles. The van der Waals surface area contributed by atoms with Crippen LogP contribution in [0, 0.1) is 0 Å². The highest BCUT2D eigenvalue weighted by molar-refractivity contribution is 9.11.